The number of methoxy groups -OCH3 is 2. The van der Waals surface area contributed by atoms with Gasteiger partial charge in [-0.3, -0.25) is 0 Å². The van der Waals surface area contributed by atoms with Crippen molar-refractivity contribution < 1.29 is 13.9 Å². The van der Waals surface area contributed by atoms with Gasteiger partial charge in [0.25, 0.3) is 0 Å². The molecule has 5 heteroatoms. The Morgan fingerprint density at radius 3 is 2.33 bits per heavy atom. The van der Waals surface area contributed by atoms with Crippen LogP contribution in [0.4, 0.5) is 0 Å². The maximum absolute atomic E-state index is 12.1. The first-order valence-corrected chi connectivity index (χ1v) is 6.35. The molecule has 106 valence electrons. The molecule has 0 saturated carbocycles. The second kappa shape index (κ2) is 5.28. The minimum absolute atomic E-state index is 0.278. The summed E-state index contributed by atoms with van der Waals surface area (Å²) in [5.74, 6) is 1.26. The first-order valence-electron chi connectivity index (χ1n) is 6.35. The molecule has 0 radical (unpaired) electrons. The van der Waals surface area contributed by atoms with Crippen molar-refractivity contribution >= 4 is 10.9 Å². The lowest BCUT2D eigenvalue weighted by Crippen LogP contribution is -2.04. The van der Waals surface area contributed by atoms with Gasteiger partial charge < -0.3 is 13.9 Å². The summed E-state index contributed by atoms with van der Waals surface area (Å²) in [5, 5.41) is 0.354. The number of hydrogen-bond acceptors (Lipinski definition) is 5. The highest BCUT2D eigenvalue weighted by atomic mass is 16.5. The predicted octanol–water partition coefficient (Wildman–Crippen LogP) is 2.87. The lowest BCUT2D eigenvalue weighted by molar-refractivity contribution is 0.355. The Balaban J connectivity index is 2.27. The van der Waals surface area contributed by atoms with Crippen LogP contribution in [0.25, 0.3) is 22.4 Å². The van der Waals surface area contributed by atoms with Gasteiger partial charge in [0.15, 0.2) is 11.5 Å². The van der Waals surface area contributed by atoms with Crippen LogP contribution in [0, 0.1) is 0 Å². The number of benzene rings is 2. The molecule has 0 N–H and O–H groups in total. The number of fused-ring (bicyclic) bond motifs is 1. The van der Waals surface area contributed by atoms with Crippen LogP contribution < -0.4 is 15.1 Å². The average Bonchev–Trinajstić information content (AvgIpc) is 2.54. The van der Waals surface area contributed by atoms with Gasteiger partial charge in [-0.15, -0.1) is 0 Å². The monoisotopic (exact) mass is 283 g/mol. The van der Waals surface area contributed by atoms with Crippen molar-refractivity contribution in [2.75, 3.05) is 14.2 Å². The van der Waals surface area contributed by atoms with Crippen LogP contribution in [0.5, 0.6) is 11.5 Å². The summed E-state index contributed by atoms with van der Waals surface area (Å²) in [6.45, 7) is 0. The number of ether oxygens (including phenoxy) is 2. The van der Waals surface area contributed by atoms with Crippen molar-refractivity contribution in [1.82, 2.24) is 4.98 Å². The second-order valence-corrected chi connectivity index (χ2v) is 4.40. The zero-order chi connectivity index (χ0) is 14.8. The molecule has 0 aliphatic rings. The molecule has 1 heterocycles. The van der Waals surface area contributed by atoms with Crippen molar-refractivity contribution in [1.29, 1.82) is 0 Å². The Kier molecular flexibility index (Phi) is 3.31. The summed E-state index contributed by atoms with van der Waals surface area (Å²) >= 11 is 0. The van der Waals surface area contributed by atoms with Crippen molar-refractivity contribution in [2.45, 2.75) is 0 Å². The van der Waals surface area contributed by atoms with E-state index in [0.29, 0.717) is 22.4 Å². The van der Waals surface area contributed by atoms with Crippen molar-refractivity contribution in [3.63, 3.8) is 0 Å². The summed E-state index contributed by atoms with van der Waals surface area (Å²) < 4.78 is 15.7. The van der Waals surface area contributed by atoms with E-state index in [1.54, 1.807) is 12.1 Å². The molecular formula is C16H13NO4. The van der Waals surface area contributed by atoms with Crippen molar-refractivity contribution in [2.24, 2.45) is 0 Å². The summed E-state index contributed by atoms with van der Waals surface area (Å²) in [5.41, 5.74) is 0.786. The molecule has 0 amide bonds. The van der Waals surface area contributed by atoms with Crippen LogP contribution in [0.3, 0.4) is 0 Å². The van der Waals surface area contributed by atoms with Gasteiger partial charge in [0.05, 0.1) is 25.1 Å². The molecule has 0 saturated heterocycles. The van der Waals surface area contributed by atoms with Crippen LogP contribution in [-0.4, -0.2) is 19.2 Å². The fourth-order valence-corrected chi connectivity index (χ4v) is 2.10. The standard InChI is InChI=1S/C16H13NO4/c1-19-13-8-11-12(9-14(13)20-2)17-15(21-16(11)18)10-6-4-3-5-7-10/h3-9H,1-2H3. The third-order valence-electron chi connectivity index (χ3n) is 3.15. The number of hydrogen-bond donors (Lipinski definition) is 0. The van der Waals surface area contributed by atoms with Gasteiger partial charge in [-0.05, 0) is 12.1 Å². The van der Waals surface area contributed by atoms with E-state index in [-0.39, 0.29) is 5.89 Å². The molecule has 3 rings (SSSR count). The van der Waals surface area contributed by atoms with Crippen LogP contribution in [-0.2, 0) is 0 Å². The van der Waals surface area contributed by atoms with E-state index in [1.807, 2.05) is 30.3 Å². The van der Waals surface area contributed by atoms with E-state index in [0.717, 1.165) is 5.56 Å². The SMILES string of the molecule is COc1cc2nc(-c3ccccc3)oc(=O)c2cc1OC. The molecule has 0 spiro atoms. The zero-order valence-electron chi connectivity index (χ0n) is 11.6. The Morgan fingerprint density at radius 2 is 1.67 bits per heavy atom. The molecule has 5 nitrogen and oxygen atoms in total. The molecule has 3 aromatic rings. The van der Waals surface area contributed by atoms with Gasteiger partial charge in [-0.1, -0.05) is 18.2 Å². The Hall–Kier alpha value is -2.82. The zero-order valence-corrected chi connectivity index (χ0v) is 11.6. The molecular weight excluding hydrogens is 270 g/mol. The Labute approximate surface area is 120 Å². The van der Waals surface area contributed by atoms with E-state index >= 15 is 0 Å². The summed E-state index contributed by atoms with van der Waals surface area (Å²) in [7, 11) is 3.05. The molecule has 0 atom stereocenters. The lowest BCUT2D eigenvalue weighted by Gasteiger charge is -2.08. The molecule has 21 heavy (non-hydrogen) atoms. The molecule has 0 aliphatic heterocycles. The quantitative estimate of drug-likeness (QED) is 0.739. The third kappa shape index (κ3) is 2.33. The molecule has 1 aromatic heterocycles. The summed E-state index contributed by atoms with van der Waals surface area (Å²) in [6.07, 6.45) is 0. The molecule has 0 bridgehead atoms. The maximum atomic E-state index is 12.1. The van der Waals surface area contributed by atoms with E-state index in [9.17, 15) is 4.79 Å². The second-order valence-electron chi connectivity index (χ2n) is 4.40. The van der Waals surface area contributed by atoms with E-state index in [4.69, 9.17) is 13.9 Å². The molecule has 2 aromatic carbocycles. The number of aromatic nitrogens is 1. The largest absolute Gasteiger partial charge is 0.493 e. The van der Waals surface area contributed by atoms with Gasteiger partial charge in [-0.25, -0.2) is 9.78 Å². The van der Waals surface area contributed by atoms with E-state index in [1.165, 1.54) is 14.2 Å². The van der Waals surface area contributed by atoms with Gasteiger partial charge >= 0.3 is 5.63 Å². The number of nitrogens with zero attached hydrogens (tertiary/aromatic N) is 1. The first-order chi connectivity index (χ1) is 10.2. The first kappa shape index (κ1) is 13.2. The summed E-state index contributed by atoms with van der Waals surface area (Å²) in [4.78, 5) is 16.5. The van der Waals surface area contributed by atoms with Gasteiger partial charge in [-0.2, -0.15) is 0 Å². The average molecular weight is 283 g/mol. The number of rotatable bonds is 3. The smallest absolute Gasteiger partial charge is 0.347 e. The fourth-order valence-electron chi connectivity index (χ4n) is 2.10. The minimum atomic E-state index is -0.459. The molecule has 0 unspecified atom stereocenters. The Bertz CT molecular complexity index is 840. The highest BCUT2D eigenvalue weighted by Gasteiger charge is 2.13. The topological polar surface area (TPSA) is 61.6 Å². The molecule has 0 aliphatic carbocycles. The van der Waals surface area contributed by atoms with Crippen LogP contribution in [0.1, 0.15) is 0 Å². The summed E-state index contributed by atoms with van der Waals surface area (Å²) in [6, 6.07) is 12.5. The predicted molar refractivity (Wildman–Crippen MR) is 78.8 cm³/mol. The normalized spacial score (nSPS) is 10.6. The van der Waals surface area contributed by atoms with Crippen molar-refractivity contribution in [3.05, 3.63) is 52.9 Å². The van der Waals surface area contributed by atoms with E-state index in [2.05, 4.69) is 4.98 Å². The molecule has 0 fully saturated rings. The van der Waals surface area contributed by atoms with Crippen LogP contribution in [0.15, 0.2) is 51.7 Å². The van der Waals surface area contributed by atoms with Gasteiger partial charge in [0.2, 0.25) is 5.89 Å². The van der Waals surface area contributed by atoms with Gasteiger partial charge in [0, 0.05) is 17.7 Å². The highest BCUT2D eigenvalue weighted by Crippen LogP contribution is 2.31. The van der Waals surface area contributed by atoms with Crippen molar-refractivity contribution in [3.8, 4) is 23.0 Å². The maximum Gasteiger partial charge on any atom is 0.347 e. The Morgan fingerprint density at radius 1 is 1.00 bits per heavy atom. The van der Waals surface area contributed by atoms with Gasteiger partial charge in [0.1, 0.15) is 0 Å². The van der Waals surface area contributed by atoms with E-state index < -0.39 is 5.63 Å². The van der Waals surface area contributed by atoms with Crippen LogP contribution in [0.2, 0.25) is 0 Å². The lowest BCUT2D eigenvalue weighted by atomic mass is 10.2. The minimum Gasteiger partial charge on any atom is -0.493 e. The van der Waals surface area contributed by atoms with Crippen LogP contribution >= 0.6 is 0 Å². The third-order valence-corrected chi connectivity index (χ3v) is 3.15. The fraction of sp³-hybridized carbons (Fsp3) is 0.125. The highest BCUT2D eigenvalue weighted by molar-refractivity contribution is 5.82.